The van der Waals surface area contributed by atoms with Gasteiger partial charge in [-0.05, 0) is 23.6 Å². The molecule has 1 aliphatic carbocycles. The summed E-state index contributed by atoms with van der Waals surface area (Å²) in [6.07, 6.45) is -0.149. The van der Waals surface area contributed by atoms with Gasteiger partial charge in [0.15, 0.2) is 0 Å². The highest BCUT2D eigenvalue weighted by Crippen LogP contribution is 2.42. The monoisotopic (exact) mass is 274 g/mol. The number of alkyl halides is 2. The summed E-state index contributed by atoms with van der Waals surface area (Å²) in [5.41, 5.74) is 1.14. The first-order chi connectivity index (χ1) is 8.37. The Morgan fingerprint density at radius 3 is 2.56 bits per heavy atom. The maximum Gasteiger partial charge on any atom is 0.248 e. The van der Waals surface area contributed by atoms with E-state index in [2.05, 4.69) is 13.8 Å². The molecule has 0 heterocycles. The van der Waals surface area contributed by atoms with Gasteiger partial charge < -0.3 is 4.74 Å². The van der Waals surface area contributed by atoms with Crippen LogP contribution in [0.1, 0.15) is 38.2 Å². The van der Waals surface area contributed by atoms with Crippen LogP contribution in [0.15, 0.2) is 18.2 Å². The molecule has 100 valence electrons. The van der Waals surface area contributed by atoms with E-state index in [1.54, 1.807) is 0 Å². The Morgan fingerprint density at radius 1 is 1.39 bits per heavy atom. The van der Waals surface area contributed by atoms with E-state index < -0.39 is 5.92 Å². The summed E-state index contributed by atoms with van der Waals surface area (Å²) < 4.78 is 30.8. The third-order valence-corrected chi connectivity index (χ3v) is 3.57. The van der Waals surface area contributed by atoms with Gasteiger partial charge >= 0.3 is 0 Å². The Kier molecular flexibility index (Phi) is 3.81. The maximum absolute atomic E-state index is 12.7. The second-order valence-corrected chi connectivity index (χ2v) is 5.69. The molecule has 2 rings (SSSR count). The zero-order valence-electron chi connectivity index (χ0n) is 10.6. The lowest BCUT2D eigenvalue weighted by molar-refractivity contribution is -0.119. The first-order valence-electron chi connectivity index (χ1n) is 6.17. The molecule has 1 aromatic rings. The van der Waals surface area contributed by atoms with E-state index in [4.69, 9.17) is 16.3 Å². The highest BCUT2D eigenvalue weighted by Gasteiger charge is 2.45. The molecule has 4 heteroatoms. The summed E-state index contributed by atoms with van der Waals surface area (Å²) in [4.78, 5) is 0. The van der Waals surface area contributed by atoms with Crippen LogP contribution in [0.4, 0.5) is 8.78 Å². The van der Waals surface area contributed by atoms with Crippen LogP contribution in [0.3, 0.4) is 0 Å². The molecule has 0 spiro atoms. The molecule has 0 saturated heterocycles. The summed E-state index contributed by atoms with van der Waals surface area (Å²) in [6.45, 7) is 4.49. The number of ether oxygens (including phenoxy) is 1. The molecule has 18 heavy (non-hydrogen) atoms. The molecular weight excluding hydrogens is 258 g/mol. The zero-order valence-corrected chi connectivity index (χ0v) is 11.3. The van der Waals surface area contributed by atoms with E-state index in [-0.39, 0.29) is 18.8 Å². The van der Waals surface area contributed by atoms with Crippen LogP contribution in [0.2, 0.25) is 5.02 Å². The summed E-state index contributed by atoms with van der Waals surface area (Å²) in [7, 11) is 0. The highest BCUT2D eigenvalue weighted by atomic mass is 35.5. The standard InChI is InChI=1S/C14H17ClF2O/c1-9(2)11-3-4-13(12(15)5-11)18-8-10-6-14(16,17)7-10/h3-5,9-10H,6-8H2,1-2H3. The molecule has 0 amide bonds. The first kappa shape index (κ1) is 13.6. The molecule has 0 bridgehead atoms. The van der Waals surface area contributed by atoms with Gasteiger partial charge in [-0.1, -0.05) is 31.5 Å². The topological polar surface area (TPSA) is 9.23 Å². The predicted molar refractivity (Wildman–Crippen MR) is 68.7 cm³/mol. The molecule has 1 saturated carbocycles. The van der Waals surface area contributed by atoms with E-state index in [0.29, 0.717) is 23.3 Å². The lowest BCUT2D eigenvalue weighted by Crippen LogP contribution is -2.38. The Hall–Kier alpha value is -0.830. The van der Waals surface area contributed by atoms with Crippen molar-refractivity contribution in [3.8, 4) is 5.75 Å². The van der Waals surface area contributed by atoms with Crippen LogP contribution in [0, 0.1) is 5.92 Å². The van der Waals surface area contributed by atoms with Crippen molar-refractivity contribution in [3.05, 3.63) is 28.8 Å². The van der Waals surface area contributed by atoms with Crippen molar-refractivity contribution in [1.82, 2.24) is 0 Å². The van der Waals surface area contributed by atoms with Crippen LogP contribution in [-0.4, -0.2) is 12.5 Å². The average Bonchev–Trinajstić information content (AvgIpc) is 2.24. The quantitative estimate of drug-likeness (QED) is 0.760. The number of hydrogen-bond acceptors (Lipinski definition) is 1. The Labute approximate surface area is 111 Å². The third-order valence-electron chi connectivity index (χ3n) is 3.27. The van der Waals surface area contributed by atoms with E-state index in [0.717, 1.165) is 5.56 Å². The van der Waals surface area contributed by atoms with Crippen molar-refractivity contribution in [2.45, 2.75) is 38.5 Å². The van der Waals surface area contributed by atoms with Gasteiger partial charge in [0.1, 0.15) is 5.75 Å². The summed E-state index contributed by atoms with van der Waals surface area (Å²) in [5, 5.41) is 0.548. The molecule has 0 unspecified atom stereocenters. The first-order valence-corrected chi connectivity index (χ1v) is 6.55. The Bertz CT molecular complexity index is 424. The van der Waals surface area contributed by atoms with Crippen molar-refractivity contribution >= 4 is 11.6 Å². The Balaban J connectivity index is 1.90. The third kappa shape index (κ3) is 3.14. The largest absolute Gasteiger partial charge is 0.492 e. The van der Waals surface area contributed by atoms with Gasteiger partial charge in [0.05, 0.1) is 11.6 Å². The van der Waals surface area contributed by atoms with Gasteiger partial charge in [-0.15, -0.1) is 0 Å². The van der Waals surface area contributed by atoms with Crippen molar-refractivity contribution in [3.63, 3.8) is 0 Å². The molecule has 0 atom stereocenters. The van der Waals surface area contributed by atoms with Gasteiger partial charge in [0.2, 0.25) is 5.92 Å². The highest BCUT2D eigenvalue weighted by molar-refractivity contribution is 6.32. The van der Waals surface area contributed by atoms with Crippen LogP contribution in [-0.2, 0) is 0 Å². The van der Waals surface area contributed by atoms with Crippen molar-refractivity contribution in [1.29, 1.82) is 0 Å². The fraction of sp³-hybridized carbons (Fsp3) is 0.571. The fourth-order valence-electron chi connectivity index (χ4n) is 2.10. The second-order valence-electron chi connectivity index (χ2n) is 5.29. The molecule has 1 nitrogen and oxygen atoms in total. The number of benzene rings is 1. The molecule has 0 aliphatic heterocycles. The predicted octanol–water partition coefficient (Wildman–Crippen LogP) is 4.89. The number of rotatable bonds is 4. The fourth-order valence-corrected chi connectivity index (χ4v) is 2.35. The van der Waals surface area contributed by atoms with Gasteiger partial charge in [0.25, 0.3) is 0 Å². The van der Waals surface area contributed by atoms with E-state index in [1.165, 1.54) is 0 Å². The van der Waals surface area contributed by atoms with Crippen LogP contribution >= 0.6 is 11.6 Å². The number of halogens is 3. The van der Waals surface area contributed by atoms with Crippen molar-refractivity contribution < 1.29 is 13.5 Å². The minimum absolute atomic E-state index is 0.0548. The smallest absolute Gasteiger partial charge is 0.248 e. The molecule has 1 aliphatic rings. The van der Waals surface area contributed by atoms with Gasteiger partial charge in [-0.3, -0.25) is 0 Å². The normalized spacial score (nSPS) is 18.8. The molecule has 0 N–H and O–H groups in total. The summed E-state index contributed by atoms with van der Waals surface area (Å²) >= 11 is 6.10. The number of hydrogen-bond donors (Lipinski definition) is 0. The van der Waals surface area contributed by atoms with Crippen molar-refractivity contribution in [2.75, 3.05) is 6.61 Å². The van der Waals surface area contributed by atoms with Crippen LogP contribution in [0.25, 0.3) is 0 Å². The molecule has 1 aromatic carbocycles. The van der Waals surface area contributed by atoms with E-state index in [9.17, 15) is 8.78 Å². The van der Waals surface area contributed by atoms with Crippen molar-refractivity contribution in [2.24, 2.45) is 5.92 Å². The molecule has 0 radical (unpaired) electrons. The van der Waals surface area contributed by atoms with Gasteiger partial charge in [-0.2, -0.15) is 0 Å². The van der Waals surface area contributed by atoms with E-state index in [1.807, 2.05) is 18.2 Å². The van der Waals surface area contributed by atoms with Gasteiger partial charge in [0, 0.05) is 18.8 Å². The van der Waals surface area contributed by atoms with Crippen LogP contribution in [0.5, 0.6) is 5.75 Å². The molecular formula is C14H17ClF2O. The zero-order chi connectivity index (χ0) is 13.3. The second kappa shape index (κ2) is 5.04. The lowest BCUT2D eigenvalue weighted by atomic mass is 9.82. The summed E-state index contributed by atoms with van der Waals surface area (Å²) in [6, 6.07) is 5.65. The average molecular weight is 275 g/mol. The van der Waals surface area contributed by atoms with Gasteiger partial charge in [-0.25, -0.2) is 8.78 Å². The van der Waals surface area contributed by atoms with E-state index >= 15 is 0 Å². The maximum atomic E-state index is 12.7. The minimum atomic E-state index is -2.49. The molecule has 0 aromatic heterocycles. The lowest BCUT2D eigenvalue weighted by Gasteiger charge is -2.34. The van der Waals surface area contributed by atoms with Crippen LogP contribution < -0.4 is 4.74 Å². The molecule has 1 fully saturated rings. The minimum Gasteiger partial charge on any atom is -0.492 e. The summed E-state index contributed by atoms with van der Waals surface area (Å²) in [5.74, 6) is -1.56. The Morgan fingerprint density at radius 2 is 2.06 bits per heavy atom. The SMILES string of the molecule is CC(C)c1ccc(OCC2CC(F)(F)C2)c(Cl)c1.